The van der Waals surface area contributed by atoms with Crippen molar-refractivity contribution in [3.8, 4) is 11.8 Å². The molecule has 0 spiro atoms. The molecule has 1 heterocycles. The van der Waals surface area contributed by atoms with Gasteiger partial charge < -0.3 is 10.0 Å². The summed E-state index contributed by atoms with van der Waals surface area (Å²) >= 11 is 0. The zero-order valence-electron chi connectivity index (χ0n) is 14.5. The molecule has 2 aromatic rings. The van der Waals surface area contributed by atoms with E-state index >= 15 is 0 Å². The first-order valence-electron chi connectivity index (χ1n) is 8.77. The van der Waals surface area contributed by atoms with Crippen molar-refractivity contribution >= 4 is 0 Å². The molecule has 2 nitrogen and oxygen atoms in total. The van der Waals surface area contributed by atoms with E-state index in [1.54, 1.807) is 0 Å². The van der Waals surface area contributed by atoms with Crippen LogP contribution in [0, 0.1) is 23.7 Å². The molecule has 0 aliphatic carbocycles. The van der Waals surface area contributed by atoms with Crippen molar-refractivity contribution in [2.75, 3.05) is 20.1 Å². The molecular formula is C22H26NO+. The van der Waals surface area contributed by atoms with E-state index in [1.165, 1.54) is 17.9 Å². The highest BCUT2D eigenvalue weighted by atomic mass is 16.3. The summed E-state index contributed by atoms with van der Waals surface area (Å²) in [6.45, 7) is 4.53. The van der Waals surface area contributed by atoms with Gasteiger partial charge in [-0.25, -0.2) is 0 Å². The lowest BCUT2D eigenvalue weighted by atomic mass is 9.84. The minimum Gasteiger partial charge on any atom is -0.369 e. The molecule has 0 aromatic heterocycles. The second-order valence-corrected chi connectivity index (χ2v) is 7.00. The Morgan fingerprint density at radius 2 is 1.54 bits per heavy atom. The standard InChI is InChI=1S/C22H25NO/c1-18-14-16-23(2)17-19(18)13-15-22(24,20-9-5-3-6-10-20)21-11-7-4-8-12-21/h3-12,18-19,24H,14,16-17H2,1-2H3/p+1. The summed E-state index contributed by atoms with van der Waals surface area (Å²) in [5.74, 6) is 7.57. The third-order valence-electron chi connectivity index (χ3n) is 5.10. The van der Waals surface area contributed by atoms with Gasteiger partial charge in [-0.15, -0.1) is 0 Å². The van der Waals surface area contributed by atoms with E-state index in [4.69, 9.17) is 0 Å². The van der Waals surface area contributed by atoms with E-state index in [0.29, 0.717) is 11.8 Å². The van der Waals surface area contributed by atoms with Gasteiger partial charge in [0.2, 0.25) is 0 Å². The van der Waals surface area contributed by atoms with Crippen molar-refractivity contribution < 1.29 is 10.0 Å². The zero-order chi connectivity index (χ0) is 17.0. The van der Waals surface area contributed by atoms with Gasteiger partial charge in [0.25, 0.3) is 0 Å². The van der Waals surface area contributed by atoms with Crippen molar-refractivity contribution in [1.29, 1.82) is 0 Å². The lowest BCUT2D eigenvalue weighted by Crippen LogP contribution is -3.11. The molecule has 3 rings (SSSR count). The van der Waals surface area contributed by atoms with Gasteiger partial charge in [-0.05, 0) is 5.92 Å². The number of likely N-dealkylation sites (tertiary alicyclic amines) is 1. The number of hydrogen-bond acceptors (Lipinski definition) is 1. The van der Waals surface area contributed by atoms with Crippen LogP contribution in [0.1, 0.15) is 24.5 Å². The van der Waals surface area contributed by atoms with Crippen LogP contribution in [0.4, 0.5) is 0 Å². The Balaban J connectivity index is 1.99. The lowest BCUT2D eigenvalue weighted by molar-refractivity contribution is -0.888. The van der Waals surface area contributed by atoms with E-state index in [0.717, 1.165) is 17.7 Å². The molecule has 2 heteroatoms. The minimum atomic E-state index is -1.26. The van der Waals surface area contributed by atoms with Gasteiger partial charge in [0.1, 0.15) is 0 Å². The van der Waals surface area contributed by atoms with E-state index in [9.17, 15) is 5.11 Å². The molecule has 1 saturated heterocycles. The zero-order valence-corrected chi connectivity index (χ0v) is 14.5. The second-order valence-electron chi connectivity index (χ2n) is 7.00. The van der Waals surface area contributed by atoms with Crippen molar-refractivity contribution in [1.82, 2.24) is 0 Å². The average Bonchev–Trinajstić information content (AvgIpc) is 2.63. The van der Waals surface area contributed by atoms with Crippen LogP contribution in [0.25, 0.3) is 0 Å². The average molecular weight is 320 g/mol. The van der Waals surface area contributed by atoms with Crippen LogP contribution in [0.15, 0.2) is 60.7 Å². The van der Waals surface area contributed by atoms with Crippen LogP contribution in [0.5, 0.6) is 0 Å². The van der Waals surface area contributed by atoms with Crippen molar-refractivity contribution in [2.45, 2.75) is 18.9 Å². The van der Waals surface area contributed by atoms with Crippen molar-refractivity contribution in [3.05, 3.63) is 71.8 Å². The van der Waals surface area contributed by atoms with Crippen LogP contribution in [-0.4, -0.2) is 25.2 Å². The third kappa shape index (κ3) is 3.53. The Morgan fingerprint density at radius 3 is 2.08 bits per heavy atom. The molecule has 3 atom stereocenters. The first-order valence-corrected chi connectivity index (χ1v) is 8.77. The molecule has 24 heavy (non-hydrogen) atoms. The fourth-order valence-corrected chi connectivity index (χ4v) is 3.41. The highest BCUT2D eigenvalue weighted by molar-refractivity contribution is 5.44. The molecule has 1 aliphatic heterocycles. The van der Waals surface area contributed by atoms with E-state index in [1.807, 2.05) is 60.7 Å². The summed E-state index contributed by atoms with van der Waals surface area (Å²) < 4.78 is 0. The van der Waals surface area contributed by atoms with Crippen molar-refractivity contribution in [2.24, 2.45) is 11.8 Å². The topological polar surface area (TPSA) is 24.7 Å². The molecule has 2 N–H and O–H groups in total. The molecule has 2 aromatic carbocycles. The van der Waals surface area contributed by atoms with Crippen LogP contribution in [0.2, 0.25) is 0 Å². The molecule has 1 aliphatic rings. The number of nitrogens with one attached hydrogen (secondary N) is 1. The maximum absolute atomic E-state index is 11.5. The van der Waals surface area contributed by atoms with Gasteiger partial charge >= 0.3 is 0 Å². The first kappa shape index (κ1) is 16.8. The molecule has 0 saturated carbocycles. The minimum absolute atomic E-state index is 0.331. The fourth-order valence-electron chi connectivity index (χ4n) is 3.41. The summed E-state index contributed by atoms with van der Waals surface area (Å²) in [6.07, 6.45) is 1.19. The summed E-state index contributed by atoms with van der Waals surface area (Å²) in [7, 11) is 2.22. The quantitative estimate of drug-likeness (QED) is 0.814. The molecule has 0 amide bonds. The number of rotatable bonds is 2. The van der Waals surface area contributed by atoms with Crippen LogP contribution < -0.4 is 4.90 Å². The summed E-state index contributed by atoms with van der Waals surface area (Å²) in [5.41, 5.74) is 0.397. The number of quaternary nitrogens is 1. The Hall–Kier alpha value is -2.08. The van der Waals surface area contributed by atoms with Crippen LogP contribution >= 0.6 is 0 Å². The first-order chi connectivity index (χ1) is 11.6. The number of benzene rings is 2. The van der Waals surface area contributed by atoms with E-state index in [2.05, 4.69) is 25.8 Å². The van der Waals surface area contributed by atoms with E-state index < -0.39 is 5.60 Å². The van der Waals surface area contributed by atoms with Crippen LogP contribution in [-0.2, 0) is 5.60 Å². The maximum Gasteiger partial charge on any atom is 0.176 e. The molecule has 0 radical (unpaired) electrons. The summed E-state index contributed by atoms with van der Waals surface area (Å²) in [4.78, 5) is 1.52. The number of aliphatic hydroxyl groups is 1. The molecular weight excluding hydrogens is 294 g/mol. The van der Waals surface area contributed by atoms with Crippen molar-refractivity contribution in [3.63, 3.8) is 0 Å². The number of piperidine rings is 1. The Kier molecular flexibility index (Phi) is 5.04. The molecule has 0 bridgehead atoms. The van der Waals surface area contributed by atoms with Gasteiger partial charge in [0.15, 0.2) is 5.60 Å². The Labute approximate surface area is 145 Å². The SMILES string of the molecule is CC1CC[NH+](C)CC1C#CC(O)(c1ccccc1)c1ccccc1. The normalized spacial score (nSPS) is 24.0. The monoisotopic (exact) mass is 320 g/mol. The maximum atomic E-state index is 11.5. The molecule has 1 fully saturated rings. The summed E-state index contributed by atoms with van der Waals surface area (Å²) in [5, 5.41) is 11.5. The highest BCUT2D eigenvalue weighted by Crippen LogP contribution is 2.29. The Morgan fingerprint density at radius 1 is 1.00 bits per heavy atom. The molecule has 3 unspecified atom stereocenters. The molecule has 124 valence electrons. The van der Waals surface area contributed by atoms with Gasteiger partial charge in [0, 0.05) is 17.5 Å². The van der Waals surface area contributed by atoms with Gasteiger partial charge in [-0.2, -0.15) is 0 Å². The second kappa shape index (κ2) is 7.21. The number of hydrogen-bond donors (Lipinski definition) is 2. The Bertz CT molecular complexity index is 674. The largest absolute Gasteiger partial charge is 0.369 e. The lowest BCUT2D eigenvalue weighted by Gasteiger charge is -2.30. The summed E-state index contributed by atoms with van der Waals surface area (Å²) in [6, 6.07) is 19.5. The fraction of sp³-hybridized carbons (Fsp3) is 0.364. The predicted molar refractivity (Wildman–Crippen MR) is 97.6 cm³/mol. The van der Waals surface area contributed by atoms with Gasteiger partial charge in [-0.1, -0.05) is 79.4 Å². The van der Waals surface area contributed by atoms with Crippen LogP contribution in [0.3, 0.4) is 0 Å². The highest BCUT2D eigenvalue weighted by Gasteiger charge is 2.31. The van der Waals surface area contributed by atoms with Gasteiger partial charge in [-0.3, -0.25) is 0 Å². The van der Waals surface area contributed by atoms with Gasteiger partial charge in [0.05, 0.1) is 26.1 Å². The predicted octanol–water partition coefficient (Wildman–Crippen LogP) is 2.10. The smallest absolute Gasteiger partial charge is 0.176 e. The van der Waals surface area contributed by atoms with E-state index in [-0.39, 0.29) is 0 Å². The third-order valence-corrected chi connectivity index (χ3v) is 5.10.